The number of hydrogen-bond donors (Lipinski definition) is 0. The fraction of sp³-hybridized carbons (Fsp3) is 0.368. The molecule has 0 radical (unpaired) electrons. The molecule has 7 nitrogen and oxygen atoms in total. The third-order valence-electron chi connectivity index (χ3n) is 5.08. The summed E-state index contributed by atoms with van der Waals surface area (Å²) >= 11 is 0. The highest BCUT2D eigenvalue weighted by molar-refractivity contribution is 7.89. The molecule has 144 valence electrons. The van der Waals surface area contributed by atoms with Crippen LogP contribution in [0.2, 0.25) is 0 Å². The van der Waals surface area contributed by atoms with Crippen LogP contribution >= 0.6 is 0 Å². The molecular formula is C19H22N2O5S. The average molecular weight is 390 g/mol. The molecule has 1 aliphatic rings. The first-order valence-electron chi connectivity index (χ1n) is 8.67. The van der Waals surface area contributed by atoms with Crippen molar-refractivity contribution in [2.75, 3.05) is 13.7 Å². The molecule has 1 fully saturated rings. The molecule has 0 N–H and O–H groups in total. The normalized spacial score (nSPS) is 17.8. The number of sulfonamides is 1. The summed E-state index contributed by atoms with van der Waals surface area (Å²) in [6.07, 6.45) is 1.42. The third kappa shape index (κ3) is 3.54. The van der Waals surface area contributed by atoms with Gasteiger partial charge in [0.15, 0.2) is 0 Å². The van der Waals surface area contributed by atoms with E-state index >= 15 is 0 Å². The summed E-state index contributed by atoms with van der Waals surface area (Å²) in [7, 11) is -2.31. The first-order chi connectivity index (χ1) is 12.8. The van der Waals surface area contributed by atoms with Crippen molar-refractivity contribution in [3.8, 4) is 5.75 Å². The van der Waals surface area contributed by atoms with Crippen molar-refractivity contribution in [3.63, 3.8) is 0 Å². The summed E-state index contributed by atoms with van der Waals surface area (Å²) in [6, 6.07) is 9.61. The highest BCUT2D eigenvalue weighted by Gasteiger charge is 2.38. The van der Waals surface area contributed by atoms with Crippen LogP contribution in [-0.4, -0.2) is 31.3 Å². The van der Waals surface area contributed by atoms with E-state index in [1.54, 1.807) is 21.0 Å². The van der Waals surface area contributed by atoms with E-state index in [9.17, 15) is 18.5 Å². The molecule has 0 saturated carbocycles. The van der Waals surface area contributed by atoms with Crippen LogP contribution in [0, 0.1) is 24.0 Å². The SMILES string of the molecule is COc1cccc([C@H]2CCCN2S(=O)(=O)c2cc([N+](=O)[O-])cc(C)c2C)c1. The minimum absolute atomic E-state index is 0.00370. The fourth-order valence-electron chi connectivity index (χ4n) is 3.52. The molecule has 0 aromatic heterocycles. The standard InChI is InChI=1S/C19H22N2O5S/c1-13-10-16(21(22)23)12-19(14(13)2)27(24,25)20-9-5-8-18(20)15-6-4-7-17(11-15)26-3/h4,6-7,10-12,18H,5,8-9H2,1-3H3/t18-/m1/s1. The fourth-order valence-corrected chi connectivity index (χ4v) is 5.52. The minimum Gasteiger partial charge on any atom is -0.497 e. The summed E-state index contributed by atoms with van der Waals surface area (Å²) in [5.74, 6) is 0.666. The molecule has 0 unspecified atom stereocenters. The van der Waals surface area contributed by atoms with Crippen molar-refractivity contribution in [2.45, 2.75) is 37.6 Å². The van der Waals surface area contributed by atoms with Crippen LogP contribution in [0.3, 0.4) is 0 Å². The number of nitro groups is 1. The minimum atomic E-state index is -3.88. The molecule has 0 amide bonds. The van der Waals surface area contributed by atoms with Gasteiger partial charge in [0, 0.05) is 18.7 Å². The summed E-state index contributed by atoms with van der Waals surface area (Å²) in [6.45, 7) is 3.75. The highest BCUT2D eigenvalue weighted by Crippen LogP contribution is 2.39. The number of nitrogens with zero attached hydrogens (tertiary/aromatic N) is 2. The molecule has 1 atom stereocenters. The molecule has 0 bridgehead atoms. The van der Waals surface area contributed by atoms with E-state index in [1.807, 2.05) is 24.3 Å². The van der Waals surface area contributed by atoms with Gasteiger partial charge in [-0.25, -0.2) is 8.42 Å². The van der Waals surface area contributed by atoms with E-state index < -0.39 is 14.9 Å². The van der Waals surface area contributed by atoms with E-state index in [1.165, 1.54) is 16.4 Å². The van der Waals surface area contributed by atoms with E-state index in [-0.39, 0.29) is 16.6 Å². The third-order valence-corrected chi connectivity index (χ3v) is 7.12. The molecule has 0 spiro atoms. The van der Waals surface area contributed by atoms with Crippen LogP contribution < -0.4 is 4.74 Å². The van der Waals surface area contributed by atoms with Gasteiger partial charge in [0.1, 0.15) is 5.75 Å². The Morgan fingerprint density at radius 3 is 2.63 bits per heavy atom. The van der Waals surface area contributed by atoms with Gasteiger partial charge < -0.3 is 4.74 Å². The smallest absolute Gasteiger partial charge is 0.271 e. The molecule has 27 heavy (non-hydrogen) atoms. The van der Waals surface area contributed by atoms with Crippen molar-refractivity contribution in [3.05, 3.63) is 63.2 Å². The number of ether oxygens (including phenoxy) is 1. The van der Waals surface area contributed by atoms with Gasteiger partial charge in [0.05, 0.1) is 23.0 Å². The van der Waals surface area contributed by atoms with Gasteiger partial charge in [0.2, 0.25) is 10.0 Å². The van der Waals surface area contributed by atoms with Crippen molar-refractivity contribution in [2.24, 2.45) is 0 Å². The van der Waals surface area contributed by atoms with Crippen molar-refractivity contribution < 1.29 is 18.1 Å². The number of methoxy groups -OCH3 is 1. The Hall–Kier alpha value is -2.45. The van der Waals surface area contributed by atoms with E-state index in [0.717, 1.165) is 12.0 Å². The van der Waals surface area contributed by atoms with Gasteiger partial charge >= 0.3 is 0 Å². The van der Waals surface area contributed by atoms with Crippen LogP contribution in [0.1, 0.15) is 35.6 Å². The van der Waals surface area contributed by atoms with Crippen LogP contribution in [0.5, 0.6) is 5.75 Å². The summed E-state index contributed by atoms with van der Waals surface area (Å²) in [5, 5.41) is 11.2. The summed E-state index contributed by atoms with van der Waals surface area (Å²) in [5.41, 5.74) is 1.76. The molecule has 3 rings (SSSR count). The van der Waals surface area contributed by atoms with Gasteiger partial charge in [0.25, 0.3) is 5.69 Å². The lowest BCUT2D eigenvalue weighted by atomic mass is 10.1. The second-order valence-electron chi connectivity index (χ2n) is 6.69. The monoisotopic (exact) mass is 390 g/mol. The zero-order valence-corrected chi connectivity index (χ0v) is 16.3. The number of benzene rings is 2. The second-order valence-corrected chi connectivity index (χ2v) is 8.55. The van der Waals surface area contributed by atoms with E-state index in [2.05, 4.69) is 0 Å². The Morgan fingerprint density at radius 1 is 1.22 bits per heavy atom. The summed E-state index contributed by atoms with van der Waals surface area (Å²) < 4.78 is 33.5. The average Bonchev–Trinajstić information content (AvgIpc) is 3.14. The van der Waals surface area contributed by atoms with Crippen LogP contribution in [-0.2, 0) is 10.0 Å². The van der Waals surface area contributed by atoms with Crippen molar-refractivity contribution in [1.82, 2.24) is 4.31 Å². The molecule has 8 heteroatoms. The second kappa shape index (κ2) is 7.28. The lowest BCUT2D eigenvalue weighted by molar-refractivity contribution is -0.385. The molecule has 0 aliphatic carbocycles. The van der Waals surface area contributed by atoms with Gasteiger partial charge in [-0.2, -0.15) is 4.31 Å². The van der Waals surface area contributed by atoms with Crippen molar-refractivity contribution >= 4 is 15.7 Å². The summed E-state index contributed by atoms with van der Waals surface area (Å²) in [4.78, 5) is 10.6. The maximum Gasteiger partial charge on any atom is 0.271 e. The van der Waals surface area contributed by atoms with Crippen LogP contribution in [0.25, 0.3) is 0 Å². The van der Waals surface area contributed by atoms with Crippen molar-refractivity contribution in [1.29, 1.82) is 0 Å². The maximum atomic E-state index is 13.4. The number of rotatable bonds is 5. The molecule has 2 aromatic rings. The Labute approximate surface area is 158 Å². The van der Waals surface area contributed by atoms with Gasteiger partial charge in [-0.05, 0) is 55.5 Å². The Bertz CT molecular complexity index is 988. The molecule has 2 aromatic carbocycles. The van der Waals surface area contributed by atoms with Crippen LogP contribution in [0.15, 0.2) is 41.3 Å². The number of non-ortho nitro benzene ring substituents is 1. The Balaban J connectivity index is 2.07. The molecule has 1 heterocycles. The first kappa shape index (κ1) is 19.3. The van der Waals surface area contributed by atoms with Gasteiger partial charge in [-0.3, -0.25) is 10.1 Å². The number of hydrogen-bond acceptors (Lipinski definition) is 5. The zero-order valence-electron chi connectivity index (χ0n) is 15.5. The van der Waals surface area contributed by atoms with Crippen LogP contribution in [0.4, 0.5) is 5.69 Å². The van der Waals surface area contributed by atoms with E-state index in [0.29, 0.717) is 29.8 Å². The lowest BCUT2D eigenvalue weighted by Gasteiger charge is -2.25. The van der Waals surface area contributed by atoms with E-state index in [4.69, 9.17) is 4.74 Å². The zero-order chi connectivity index (χ0) is 19.8. The quantitative estimate of drug-likeness (QED) is 0.573. The molecular weight excluding hydrogens is 368 g/mol. The predicted octanol–water partition coefficient (Wildman–Crippen LogP) is 3.75. The molecule has 1 saturated heterocycles. The molecule has 1 aliphatic heterocycles. The first-order valence-corrected chi connectivity index (χ1v) is 10.1. The van der Waals surface area contributed by atoms with Gasteiger partial charge in [-0.1, -0.05) is 12.1 Å². The highest BCUT2D eigenvalue weighted by atomic mass is 32.2. The number of aryl methyl sites for hydroxylation is 1. The number of nitro benzene ring substituents is 1. The lowest BCUT2D eigenvalue weighted by Crippen LogP contribution is -2.31. The Kier molecular flexibility index (Phi) is 5.21. The maximum absolute atomic E-state index is 13.4. The van der Waals surface area contributed by atoms with Gasteiger partial charge in [-0.15, -0.1) is 0 Å². The largest absolute Gasteiger partial charge is 0.497 e. The predicted molar refractivity (Wildman–Crippen MR) is 101 cm³/mol. The topological polar surface area (TPSA) is 89.8 Å². The Morgan fingerprint density at radius 2 is 1.96 bits per heavy atom.